The molecule has 1 aromatic carbocycles. The number of nitrogens with one attached hydrogen (secondary N) is 1. The summed E-state index contributed by atoms with van der Waals surface area (Å²) in [6, 6.07) is 12.1. The lowest BCUT2D eigenvalue weighted by Gasteiger charge is -2.48. The second kappa shape index (κ2) is 10.4. The van der Waals surface area contributed by atoms with E-state index < -0.39 is 15.9 Å². The smallest absolute Gasteiger partial charge is 0.0568 e. The number of para-hydroxylation sites is 1. The number of rotatable bonds is 10. The molecular weight excluding hydrogens is 334 g/mol. The highest BCUT2D eigenvalue weighted by Gasteiger charge is 2.48. The van der Waals surface area contributed by atoms with E-state index in [1.165, 1.54) is 18.2 Å². The monoisotopic (exact) mass is 375 g/mol. The number of hydrogen-bond donors (Lipinski definition) is 1. The maximum absolute atomic E-state index is 3.61. The van der Waals surface area contributed by atoms with Gasteiger partial charge < -0.3 is 5.32 Å². The lowest BCUT2D eigenvalue weighted by atomic mass is 10.3. The van der Waals surface area contributed by atoms with Gasteiger partial charge in [-0.05, 0) is 32.4 Å². The molecule has 0 aromatic heterocycles. The van der Waals surface area contributed by atoms with Crippen LogP contribution in [0.4, 0.5) is 5.69 Å². The summed E-state index contributed by atoms with van der Waals surface area (Å²) in [6.07, 6.45) is 1.30. The van der Waals surface area contributed by atoms with Crippen molar-refractivity contribution in [3.8, 4) is 0 Å². The van der Waals surface area contributed by atoms with Crippen molar-refractivity contribution in [2.45, 2.75) is 84.5 Å². The van der Waals surface area contributed by atoms with E-state index in [9.17, 15) is 0 Å². The molecule has 1 rings (SSSR count). The molecule has 1 unspecified atom stereocenters. The average Bonchev–Trinajstić information content (AvgIpc) is 2.51. The van der Waals surface area contributed by atoms with Crippen LogP contribution in [0.1, 0.15) is 61.8 Å². The SMILES string of the molecule is CC(C)=C[SiH](CCCNc1ccccc1)[Si](C(C)C)(C(C)C)C(C)C. The van der Waals surface area contributed by atoms with E-state index in [-0.39, 0.29) is 0 Å². The molecule has 0 heterocycles. The predicted octanol–water partition coefficient (Wildman–Crippen LogP) is 6.98. The third-order valence-electron chi connectivity index (χ3n) is 5.97. The third-order valence-corrected chi connectivity index (χ3v) is 26.6. The Morgan fingerprint density at radius 1 is 0.960 bits per heavy atom. The Kier molecular flexibility index (Phi) is 9.22. The molecule has 0 aliphatic carbocycles. The van der Waals surface area contributed by atoms with E-state index in [2.05, 4.69) is 96.7 Å². The summed E-state index contributed by atoms with van der Waals surface area (Å²) in [7, 11) is -2.22. The highest BCUT2D eigenvalue weighted by Crippen LogP contribution is 2.44. The van der Waals surface area contributed by atoms with Crippen LogP contribution in [0.25, 0.3) is 0 Å². The molecule has 1 aromatic rings. The zero-order valence-corrected chi connectivity index (χ0v) is 20.0. The van der Waals surface area contributed by atoms with Gasteiger partial charge in [0.15, 0.2) is 0 Å². The third kappa shape index (κ3) is 5.85. The summed E-state index contributed by atoms with van der Waals surface area (Å²) in [6.45, 7) is 20.8. The number of benzene rings is 1. The topological polar surface area (TPSA) is 12.0 Å². The van der Waals surface area contributed by atoms with Crippen molar-refractivity contribution < 1.29 is 0 Å². The minimum Gasteiger partial charge on any atom is -0.385 e. The van der Waals surface area contributed by atoms with Crippen LogP contribution in [-0.2, 0) is 0 Å². The molecule has 142 valence electrons. The highest BCUT2D eigenvalue weighted by molar-refractivity contribution is 7.36. The van der Waals surface area contributed by atoms with Crippen LogP contribution < -0.4 is 5.32 Å². The second-order valence-corrected chi connectivity index (χ2v) is 21.6. The van der Waals surface area contributed by atoms with E-state index in [1.54, 1.807) is 5.57 Å². The Morgan fingerprint density at radius 2 is 1.48 bits per heavy atom. The van der Waals surface area contributed by atoms with Gasteiger partial charge in [-0.25, -0.2) is 0 Å². The van der Waals surface area contributed by atoms with E-state index in [0.29, 0.717) is 0 Å². The fourth-order valence-electron chi connectivity index (χ4n) is 5.28. The van der Waals surface area contributed by atoms with Crippen LogP contribution >= 0.6 is 0 Å². The van der Waals surface area contributed by atoms with Crippen LogP contribution in [0, 0.1) is 0 Å². The first-order chi connectivity index (χ1) is 11.7. The fraction of sp³-hybridized carbons (Fsp3) is 0.636. The molecule has 0 amide bonds. The van der Waals surface area contributed by atoms with Gasteiger partial charge >= 0.3 is 0 Å². The molecule has 0 radical (unpaired) electrons. The van der Waals surface area contributed by atoms with Crippen LogP contribution in [0.15, 0.2) is 41.6 Å². The summed E-state index contributed by atoms with van der Waals surface area (Å²) in [5, 5.41) is 3.61. The molecule has 1 nitrogen and oxygen atoms in total. The predicted molar refractivity (Wildman–Crippen MR) is 122 cm³/mol. The first-order valence-corrected chi connectivity index (χ1v) is 15.7. The Morgan fingerprint density at radius 3 is 1.92 bits per heavy atom. The van der Waals surface area contributed by atoms with Gasteiger partial charge in [0.1, 0.15) is 0 Å². The molecule has 0 saturated carbocycles. The Balaban J connectivity index is 2.89. The quantitative estimate of drug-likeness (QED) is 0.343. The normalized spacial score (nSPS) is 13.4. The second-order valence-electron chi connectivity index (χ2n) is 8.75. The van der Waals surface area contributed by atoms with Crippen molar-refractivity contribution in [1.29, 1.82) is 0 Å². The Hall–Kier alpha value is -0.806. The molecule has 0 aliphatic heterocycles. The molecule has 0 aliphatic rings. The molecular formula is C22H41NSi2. The van der Waals surface area contributed by atoms with Crippen molar-refractivity contribution in [3.05, 3.63) is 41.6 Å². The molecule has 1 atom stereocenters. The maximum Gasteiger partial charge on any atom is 0.0568 e. The van der Waals surface area contributed by atoms with Gasteiger partial charge in [0.05, 0.1) is 15.9 Å². The van der Waals surface area contributed by atoms with Crippen LogP contribution in [0.5, 0.6) is 0 Å². The van der Waals surface area contributed by atoms with Crippen LogP contribution in [-0.4, -0.2) is 22.5 Å². The first-order valence-electron chi connectivity index (χ1n) is 10.2. The van der Waals surface area contributed by atoms with Gasteiger partial charge in [-0.1, -0.05) is 88.0 Å². The van der Waals surface area contributed by atoms with E-state index in [0.717, 1.165) is 23.2 Å². The number of anilines is 1. The molecule has 25 heavy (non-hydrogen) atoms. The summed E-state index contributed by atoms with van der Waals surface area (Å²) >= 11 is 0. The van der Waals surface area contributed by atoms with E-state index in [4.69, 9.17) is 0 Å². The summed E-state index contributed by atoms with van der Waals surface area (Å²) in [5.41, 5.74) is 8.19. The average molecular weight is 376 g/mol. The van der Waals surface area contributed by atoms with Crippen molar-refractivity contribution in [3.63, 3.8) is 0 Å². The van der Waals surface area contributed by atoms with Crippen LogP contribution in [0.3, 0.4) is 0 Å². The van der Waals surface area contributed by atoms with Gasteiger partial charge in [0.2, 0.25) is 0 Å². The minimum atomic E-state index is -1.31. The van der Waals surface area contributed by atoms with Crippen molar-refractivity contribution >= 4 is 21.6 Å². The minimum absolute atomic E-state index is 0.877. The summed E-state index contributed by atoms with van der Waals surface area (Å²) < 4.78 is 0. The molecule has 3 heteroatoms. The zero-order chi connectivity index (χ0) is 19.0. The molecule has 0 fully saturated rings. The van der Waals surface area contributed by atoms with Crippen LogP contribution in [0.2, 0.25) is 22.7 Å². The van der Waals surface area contributed by atoms with Crippen molar-refractivity contribution in [2.24, 2.45) is 0 Å². The molecule has 0 spiro atoms. The number of hydrogen-bond acceptors (Lipinski definition) is 1. The van der Waals surface area contributed by atoms with Crippen molar-refractivity contribution in [1.82, 2.24) is 0 Å². The lowest BCUT2D eigenvalue weighted by molar-refractivity contribution is 0.840. The Bertz CT molecular complexity index is 494. The lowest BCUT2D eigenvalue weighted by Crippen LogP contribution is -2.57. The maximum atomic E-state index is 3.61. The highest BCUT2D eigenvalue weighted by atomic mass is 29.2. The first kappa shape index (κ1) is 22.2. The van der Waals surface area contributed by atoms with Gasteiger partial charge in [-0.3, -0.25) is 0 Å². The largest absolute Gasteiger partial charge is 0.385 e. The Labute approximate surface area is 159 Å². The van der Waals surface area contributed by atoms with Gasteiger partial charge in [0, 0.05) is 12.2 Å². The molecule has 0 bridgehead atoms. The van der Waals surface area contributed by atoms with Gasteiger partial charge in [0.25, 0.3) is 0 Å². The zero-order valence-electron chi connectivity index (χ0n) is 17.9. The van der Waals surface area contributed by atoms with Crippen molar-refractivity contribution in [2.75, 3.05) is 11.9 Å². The molecule has 1 N–H and O–H groups in total. The summed E-state index contributed by atoms with van der Waals surface area (Å²) in [5.74, 6) is 0. The standard InChI is InChI=1S/C22H41NSi2/c1-18(2)17-24(25(19(3)4,20(5)6)21(7)8)16-12-15-23-22-13-10-9-11-14-22/h9-11,13-14,17,19-21,23-24H,12,15-16H2,1-8H3. The molecule has 0 saturated heterocycles. The number of allylic oxidation sites excluding steroid dienone is 1. The fourth-order valence-corrected chi connectivity index (χ4v) is 25.9. The summed E-state index contributed by atoms with van der Waals surface area (Å²) in [4.78, 5) is 0. The van der Waals surface area contributed by atoms with E-state index in [1.807, 2.05) is 0 Å². The van der Waals surface area contributed by atoms with E-state index >= 15 is 0 Å². The van der Waals surface area contributed by atoms with Gasteiger partial charge in [-0.2, -0.15) is 0 Å². The van der Waals surface area contributed by atoms with Gasteiger partial charge in [-0.15, -0.1) is 5.70 Å².